The van der Waals surface area contributed by atoms with Crippen LogP contribution in [-0.2, 0) is 0 Å². The largest absolute Gasteiger partial charge is 0.271 e. The van der Waals surface area contributed by atoms with E-state index >= 15 is 0 Å². The number of aryl methyl sites for hydroxylation is 1. The molecule has 2 aromatic rings. The Morgan fingerprint density at radius 2 is 1.55 bits per heavy atom. The smallest absolute Gasteiger partial charge is 0.267 e. The number of nitrogens with one attached hydrogen (secondary N) is 1. The van der Waals surface area contributed by atoms with Crippen molar-refractivity contribution < 1.29 is 4.79 Å². The fourth-order valence-corrected chi connectivity index (χ4v) is 1.92. The van der Waals surface area contributed by atoms with Crippen molar-refractivity contribution in [1.29, 1.82) is 0 Å². The van der Waals surface area contributed by atoms with Crippen molar-refractivity contribution >= 4 is 27.5 Å². The molecule has 0 aromatic heterocycles. The predicted octanol–water partition coefficient (Wildman–Crippen LogP) is 3.91. The highest BCUT2D eigenvalue weighted by atomic mass is 79.9. The quantitative estimate of drug-likeness (QED) is 0.672. The van der Waals surface area contributed by atoms with E-state index in [0.717, 1.165) is 15.7 Å². The first kappa shape index (κ1) is 14.5. The van der Waals surface area contributed by atoms with Gasteiger partial charge in [0, 0.05) is 10.0 Å². The molecular formula is C16H15BrN2O. The zero-order valence-corrected chi connectivity index (χ0v) is 12.9. The Labute approximate surface area is 126 Å². The molecule has 2 rings (SSSR count). The van der Waals surface area contributed by atoms with E-state index in [1.807, 2.05) is 50.2 Å². The molecule has 0 radical (unpaired) electrons. The minimum Gasteiger partial charge on any atom is -0.267 e. The minimum atomic E-state index is -0.219. The van der Waals surface area contributed by atoms with Crippen LogP contribution in [0.3, 0.4) is 0 Å². The van der Waals surface area contributed by atoms with Crippen LogP contribution >= 0.6 is 15.9 Å². The van der Waals surface area contributed by atoms with Crippen molar-refractivity contribution in [3.63, 3.8) is 0 Å². The molecule has 2 aromatic carbocycles. The van der Waals surface area contributed by atoms with Gasteiger partial charge in [0.15, 0.2) is 0 Å². The number of rotatable bonds is 3. The van der Waals surface area contributed by atoms with E-state index in [1.54, 1.807) is 12.1 Å². The van der Waals surface area contributed by atoms with E-state index in [2.05, 4.69) is 26.5 Å². The van der Waals surface area contributed by atoms with Crippen LogP contribution in [0.5, 0.6) is 0 Å². The fraction of sp³-hybridized carbons (Fsp3) is 0.125. The summed E-state index contributed by atoms with van der Waals surface area (Å²) >= 11 is 3.33. The Morgan fingerprint density at radius 1 is 1.00 bits per heavy atom. The van der Waals surface area contributed by atoms with Gasteiger partial charge in [-0.3, -0.25) is 4.79 Å². The molecule has 0 spiro atoms. The molecule has 0 atom stereocenters. The maximum absolute atomic E-state index is 11.9. The summed E-state index contributed by atoms with van der Waals surface area (Å²) in [5.74, 6) is -0.219. The number of carbonyl (C=O) groups is 1. The maximum atomic E-state index is 11.9. The molecule has 3 nitrogen and oxygen atoms in total. The highest BCUT2D eigenvalue weighted by molar-refractivity contribution is 9.10. The van der Waals surface area contributed by atoms with Gasteiger partial charge < -0.3 is 0 Å². The first-order valence-electron chi connectivity index (χ1n) is 6.23. The van der Waals surface area contributed by atoms with Crippen LogP contribution < -0.4 is 5.43 Å². The van der Waals surface area contributed by atoms with Crippen molar-refractivity contribution in [3.8, 4) is 0 Å². The van der Waals surface area contributed by atoms with Gasteiger partial charge in [0.05, 0.1) is 5.71 Å². The molecule has 4 heteroatoms. The van der Waals surface area contributed by atoms with Gasteiger partial charge in [-0.05, 0) is 43.7 Å². The van der Waals surface area contributed by atoms with E-state index in [4.69, 9.17) is 0 Å². The SMILES string of the molecule is C/C(=N/NC(=O)c1ccc(Br)cc1)c1ccc(C)cc1. The highest BCUT2D eigenvalue weighted by Crippen LogP contribution is 2.10. The van der Waals surface area contributed by atoms with Gasteiger partial charge in [0.1, 0.15) is 0 Å². The summed E-state index contributed by atoms with van der Waals surface area (Å²) in [4.78, 5) is 11.9. The van der Waals surface area contributed by atoms with E-state index in [0.29, 0.717) is 5.56 Å². The third-order valence-electron chi connectivity index (χ3n) is 2.90. The molecular weight excluding hydrogens is 316 g/mol. The van der Waals surface area contributed by atoms with Crippen LogP contribution in [-0.4, -0.2) is 11.6 Å². The molecule has 1 amide bonds. The second-order valence-corrected chi connectivity index (χ2v) is 5.43. The molecule has 102 valence electrons. The molecule has 1 N–H and O–H groups in total. The number of hydrogen-bond donors (Lipinski definition) is 1. The zero-order chi connectivity index (χ0) is 14.5. The van der Waals surface area contributed by atoms with Crippen molar-refractivity contribution in [2.24, 2.45) is 5.10 Å². The summed E-state index contributed by atoms with van der Waals surface area (Å²) < 4.78 is 0.938. The molecule has 0 unspecified atom stereocenters. The van der Waals surface area contributed by atoms with Gasteiger partial charge in [-0.2, -0.15) is 5.10 Å². The van der Waals surface area contributed by atoms with Crippen molar-refractivity contribution in [2.45, 2.75) is 13.8 Å². The summed E-state index contributed by atoms with van der Waals surface area (Å²) in [5, 5.41) is 4.13. The van der Waals surface area contributed by atoms with Crippen LogP contribution in [0.15, 0.2) is 58.1 Å². The van der Waals surface area contributed by atoms with Gasteiger partial charge in [-0.1, -0.05) is 45.8 Å². The molecule has 0 saturated heterocycles. The standard InChI is InChI=1S/C16H15BrN2O/c1-11-3-5-13(6-4-11)12(2)18-19-16(20)14-7-9-15(17)10-8-14/h3-10H,1-2H3,(H,19,20)/b18-12-. The summed E-state index contributed by atoms with van der Waals surface area (Å²) in [6.07, 6.45) is 0. The number of hydrazone groups is 1. The Hall–Kier alpha value is -1.94. The molecule has 0 aliphatic heterocycles. The van der Waals surface area contributed by atoms with Gasteiger partial charge in [0.2, 0.25) is 0 Å². The third-order valence-corrected chi connectivity index (χ3v) is 3.43. The minimum absolute atomic E-state index is 0.219. The number of amides is 1. The first-order chi connectivity index (χ1) is 9.56. The lowest BCUT2D eigenvalue weighted by molar-refractivity contribution is 0.0955. The van der Waals surface area contributed by atoms with Gasteiger partial charge in [-0.15, -0.1) is 0 Å². The van der Waals surface area contributed by atoms with Gasteiger partial charge in [0.25, 0.3) is 5.91 Å². The zero-order valence-electron chi connectivity index (χ0n) is 11.4. The number of nitrogens with zero attached hydrogens (tertiary/aromatic N) is 1. The van der Waals surface area contributed by atoms with Crippen LogP contribution in [0.25, 0.3) is 0 Å². The van der Waals surface area contributed by atoms with E-state index < -0.39 is 0 Å². The summed E-state index contributed by atoms with van der Waals surface area (Å²) in [5.41, 5.74) is 6.10. The summed E-state index contributed by atoms with van der Waals surface area (Å²) in [6.45, 7) is 3.90. The molecule has 0 saturated carbocycles. The lowest BCUT2D eigenvalue weighted by atomic mass is 10.1. The second kappa shape index (κ2) is 6.48. The number of benzene rings is 2. The average Bonchev–Trinajstić information content (AvgIpc) is 2.46. The fourth-order valence-electron chi connectivity index (χ4n) is 1.66. The first-order valence-corrected chi connectivity index (χ1v) is 7.03. The predicted molar refractivity (Wildman–Crippen MR) is 85.0 cm³/mol. The molecule has 0 bridgehead atoms. The van der Waals surface area contributed by atoms with Crippen molar-refractivity contribution in [2.75, 3.05) is 0 Å². The van der Waals surface area contributed by atoms with Crippen LogP contribution in [0.1, 0.15) is 28.4 Å². The Morgan fingerprint density at radius 3 is 2.15 bits per heavy atom. The van der Waals surface area contributed by atoms with E-state index in [-0.39, 0.29) is 5.91 Å². The normalized spacial score (nSPS) is 11.2. The van der Waals surface area contributed by atoms with Gasteiger partial charge in [-0.25, -0.2) is 5.43 Å². The van der Waals surface area contributed by atoms with Crippen molar-refractivity contribution in [1.82, 2.24) is 5.43 Å². The Kier molecular flexibility index (Phi) is 4.69. The lowest BCUT2D eigenvalue weighted by Crippen LogP contribution is -2.19. The molecule has 0 aliphatic carbocycles. The Balaban J connectivity index is 2.06. The molecule has 0 heterocycles. The summed E-state index contributed by atoms with van der Waals surface area (Å²) in [6, 6.07) is 15.2. The lowest BCUT2D eigenvalue weighted by Gasteiger charge is -2.03. The highest BCUT2D eigenvalue weighted by Gasteiger charge is 2.04. The second-order valence-electron chi connectivity index (χ2n) is 4.51. The maximum Gasteiger partial charge on any atom is 0.271 e. The monoisotopic (exact) mass is 330 g/mol. The van der Waals surface area contributed by atoms with Crippen LogP contribution in [0.4, 0.5) is 0 Å². The number of halogens is 1. The van der Waals surface area contributed by atoms with Crippen molar-refractivity contribution in [3.05, 3.63) is 69.7 Å². The van der Waals surface area contributed by atoms with E-state index in [1.165, 1.54) is 5.56 Å². The van der Waals surface area contributed by atoms with Crippen LogP contribution in [0, 0.1) is 6.92 Å². The Bertz CT molecular complexity index is 631. The number of carbonyl (C=O) groups excluding carboxylic acids is 1. The molecule has 20 heavy (non-hydrogen) atoms. The average molecular weight is 331 g/mol. The van der Waals surface area contributed by atoms with Gasteiger partial charge >= 0.3 is 0 Å². The van der Waals surface area contributed by atoms with Crippen LogP contribution in [0.2, 0.25) is 0 Å². The molecule has 0 aliphatic rings. The molecule has 0 fully saturated rings. The topological polar surface area (TPSA) is 41.5 Å². The summed E-state index contributed by atoms with van der Waals surface area (Å²) in [7, 11) is 0. The number of hydrogen-bond acceptors (Lipinski definition) is 2. The third kappa shape index (κ3) is 3.78. The van der Waals surface area contributed by atoms with E-state index in [9.17, 15) is 4.79 Å².